The lowest BCUT2D eigenvalue weighted by Gasteiger charge is -2.27. The molecule has 4 heteroatoms. The smallest absolute Gasteiger partial charge is 0.124 e. The summed E-state index contributed by atoms with van der Waals surface area (Å²) in [6.45, 7) is 6.15. The van der Waals surface area contributed by atoms with Gasteiger partial charge in [-0.05, 0) is 49.4 Å². The van der Waals surface area contributed by atoms with Crippen molar-refractivity contribution in [2.45, 2.75) is 45.3 Å². The maximum atomic E-state index is 13.1. The highest BCUT2D eigenvalue weighted by Gasteiger charge is 2.32. The van der Waals surface area contributed by atoms with Crippen molar-refractivity contribution in [2.24, 2.45) is 5.92 Å². The minimum Gasteiger partial charge on any atom is -0.376 e. The molecule has 0 amide bonds. The standard InChI is InChI=1S/C16H23ClFNO/c1-3-7-19-15(16-11(2)6-8-20-16)9-12-4-5-13(18)10-14(12)17/h4-5,10-11,15-16,19H,3,6-9H2,1-2H3. The molecule has 112 valence electrons. The Morgan fingerprint density at radius 2 is 2.30 bits per heavy atom. The van der Waals surface area contributed by atoms with E-state index in [0.717, 1.165) is 38.0 Å². The van der Waals surface area contributed by atoms with E-state index in [1.165, 1.54) is 12.1 Å². The fraction of sp³-hybridized carbons (Fsp3) is 0.625. The lowest BCUT2D eigenvalue weighted by Crippen LogP contribution is -2.44. The lowest BCUT2D eigenvalue weighted by molar-refractivity contribution is 0.0610. The van der Waals surface area contributed by atoms with Gasteiger partial charge in [-0.15, -0.1) is 0 Å². The summed E-state index contributed by atoms with van der Waals surface area (Å²) in [5.41, 5.74) is 0.976. The van der Waals surface area contributed by atoms with E-state index in [1.807, 2.05) is 0 Å². The third-order valence-electron chi connectivity index (χ3n) is 3.95. The molecule has 0 radical (unpaired) electrons. The molecule has 1 aliphatic rings. The number of benzene rings is 1. The van der Waals surface area contributed by atoms with E-state index >= 15 is 0 Å². The zero-order valence-corrected chi connectivity index (χ0v) is 12.9. The van der Waals surface area contributed by atoms with Crippen LogP contribution in [0.15, 0.2) is 18.2 Å². The van der Waals surface area contributed by atoms with Crippen molar-refractivity contribution in [3.8, 4) is 0 Å². The van der Waals surface area contributed by atoms with Crippen LogP contribution in [0.5, 0.6) is 0 Å². The molecule has 0 saturated carbocycles. The molecule has 1 N–H and O–H groups in total. The van der Waals surface area contributed by atoms with Crippen LogP contribution in [-0.2, 0) is 11.2 Å². The van der Waals surface area contributed by atoms with Crippen LogP contribution in [0.2, 0.25) is 5.02 Å². The molecule has 1 aliphatic heterocycles. The lowest BCUT2D eigenvalue weighted by atomic mass is 9.92. The molecule has 1 fully saturated rings. The van der Waals surface area contributed by atoms with Crippen molar-refractivity contribution in [1.82, 2.24) is 5.32 Å². The van der Waals surface area contributed by atoms with E-state index in [0.29, 0.717) is 10.9 Å². The summed E-state index contributed by atoms with van der Waals surface area (Å²) >= 11 is 6.14. The molecule has 1 aromatic rings. The maximum absolute atomic E-state index is 13.1. The zero-order valence-electron chi connectivity index (χ0n) is 12.2. The van der Waals surface area contributed by atoms with E-state index in [-0.39, 0.29) is 18.0 Å². The summed E-state index contributed by atoms with van der Waals surface area (Å²) in [6.07, 6.45) is 3.16. The average Bonchev–Trinajstić information content (AvgIpc) is 2.83. The largest absolute Gasteiger partial charge is 0.376 e. The van der Waals surface area contributed by atoms with Gasteiger partial charge in [-0.25, -0.2) is 4.39 Å². The molecule has 1 heterocycles. The number of rotatable bonds is 6. The normalized spacial score (nSPS) is 24.0. The van der Waals surface area contributed by atoms with Gasteiger partial charge in [0.05, 0.1) is 6.10 Å². The Morgan fingerprint density at radius 1 is 1.50 bits per heavy atom. The zero-order chi connectivity index (χ0) is 14.5. The minimum atomic E-state index is -0.290. The second-order valence-electron chi connectivity index (χ2n) is 5.60. The van der Waals surface area contributed by atoms with Gasteiger partial charge in [0.2, 0.25) is 0 Å². The first-order valence-electron chi connectivity index (χ1n) is 7.40. The van der Waals surface area contributed by atoms with Crippen LogP contribution in [-0.4, -0.2) is 25.3 Å². The Balaban J connectivity index is 2.10. The summed E-state index contributed by atoms with van der Waals surface area (Å²) in [7, 11) is 0. The summed E-state index contributed by atoms with van der Waals surface area (Å²) < 4.78 is 19.0. The SMILES string of the molecule is CCCNC(Cc1ccc(F)cc1Cl)C1OCCC1C. The van der Waals surface area contributed by atoms with Gasteiger partial charge in [-0.2, -0.15) is 0 Å². The maximum Gasteiger partial charge on any atom is 0.124 e. The van der Waals surface area contributed by atoms with Crippen LogP contribution >= 0.6 is 11.6 Å². The molecule has 2 nitrogen and oxygen atoms in total. The van der Waals surface area contributed by atoms with Crippen LogP contribution in [0.25, 0.3) is 0 Å². The monoisotopic (exact) mass is 299 g/mol. The summed E-state index contributed by atoms with van der Waals surface area (Å²) in [4.78, 5) is 0. The Kier molecular flexibility index (Phi) is 5.82. The van der Waals surface area contributed by atoms with Gasteiger partial charge in [0.25, 0.3) is 0 Å². The number of hydrogen-bond acceptors (Lipinski definition) is 2. The van der Waals surface area contributed by atoms with Gasteiger partial charge in [0.15, 0.2) is 0 Å². The molecular weight excluding hydrogens is 277 g/mol. The Morgan fingerprint density at radius 3 is 2.90 bits per heavy atom. The second kappa shape index (κ2) is 7.39. The number of halogens is 2. The van der Waals surface area contributed by atoms with E-state index in [1.54, 1.807) is 6.07 Å². The third kappa shape index (κ3) is 3.94. The highest BCUT2D eigenvalue weighted by molar-refractivity contribution is 6.31. The van der Waals surface area contributed by atoms with Crippen molar-refractivity contribution >= 4 is 11.6 Å². The van der Waals surface area contributed by atoms with Gasteiger partial charge >= 0.3 is 0 Å². The molecule has 0 bridgehead atoms. The first-order valence-corrected chi connectivity index (χ1v) is 7.78. The molecule has 3 unspecified atom stereocenters. The molecule has 2 rings (SSSR count). The quantitative estimate of drug-likeness (QED) is 0.862. The van der Waals surface area contributed by atoms with Gasteiger partial charge in [-0.3, -0.25) is 0 Å². The van der Waals surface area contributed by atoms with Crippen LogP contribution in [0.3, 0.4) is 0 Å². The molecule has 0 aliphatic carbocycles. The van der Waals surface area contributed by atoms with E-state index in [2.05, 4.69) is 19.2 Å². The average molecular weight is 300 g/mol. The first kappa shape index (κ1) is 15.7. The van der Waals surface area contributed by atoms with Gasteiger partial charge in [-0.1, -0.05) is 31.5 Å². The number of ether oxygens (including phenoxy) is 1. The molecular formula is C16H23ClFNO. The molecule has 1 saturated heterocycles. The van der Waals surface area contributed by atoms with Crippen LogP contribution in [0.1, 0.15) is 32.3 Å². The summed E-state index contributed by atoms with van der Waals surface area (Å²) in [5, 5.41) is 4.05. The molecule has 3 atom stereocenters. The van der Waals surface area contributed by atoms with E-state index in [4.69, 9.17) is 16.3 Å². The van der Waals surface area contributed by atoms with Crippen molar-refractivity contribution in [2.75, 3.05) is 13.2 Å². The van der Waals surface area contributed by atoms with Crippen molar-refractivity contribution in [3.63, 3.8) is 0 Å². The van der Waals surface area contributed by atoms with Crippen molar-refractivity contribution < 1.29 is 9.13 Å². The fourth-order valence-electron chi connectivity index (χ4n) is 2.79. The number of nitrogens with one attached hydrogen (secondary N) is 1. The van der Waals surface area contributed by atoms with Crippen LogP contribution in [0.4, 0.5) is 4.39 Å². The summed E-state index contributed by atoms with van der Waals surface area (Å²) in [5.74, 6) is 0.255. The van der Waals surface area contributed by atoms with Crippen LogP contribution < -0.4 is 5.32 Å². The summed E-state index contributed by atoms with van der Waals surface area (Å²) in [6, 6.07) is 4.86. The second-order valence-corrected chi connectivity index (χ2v) is 6.01. The van der Waals surface area contributed by atoms with Crippen molar-refractivity contribution in [3.05, 3.63) is 34.6 Å². The molecule has 20 heavy (non-hydrogen) atoms. The van der Waals surface area contributed by atoms with Gasteiger partial charge in [0, 0.05) is 17.7 Å². The number of hydrogen-bond donors (Lipinski definition) is 1. The predicted octanol–water partition coefficient (Wildman–Crippen LogP) is 3.81. The molecule has 0 spiro atoms. The Hall–Kier alpha value is -0.640. The van der Waals surface area contributed by atoms with Gasteiger partial charge < -0.3 is 10.1 Å². The Bertz CT molecular complexity index is 440. The highest BCUT2D eigenvalue weighted by Crippen LogP contribution is 2.27. The van der Waals surface area contributed by atoms with Crippen LogP contribution in [0, 0.1) is 11.7 Å². The third-order valence-corrected chi connectivity index (χ3v) is 4.30. The molecule has 0 aromatic heterocycles. The van der Waals surface area contributed by atoms with E-state index in [9.17, 15) is 4.39 Å². The topological polar surface area (TPSA) is 21.3 Å². The van der Waals surface area contributed by atoms with Gasteiger partial charge in [0.1, 0.15) is 5.82 Å². The molecule has 1 aromatic carbocycles. The van der Waals surface area contributed by atoms with E-state index < -0.39 is 0 Å². The predicted molar refractivity (Wildman–Crippen MR) is 80.7 cm³/mol. The van der Waals surface area contributed by atoms with Crippen molar-refractivity contribution in [1.29, 1.82) is 0 Å². The first-order chi connectivity index (χ1) is 9.61. The Labute approximate surface area is 125 Å². The fourth-order valence-corrected chi connectivity index (χ4v) is 3.03. The minimum absolute atomic E-state index is 0.211. The highest BCUT2D eigenvalue weighted by atomic mass is 35.5.